The van der Waals surface area contributed by atoms with E-state index in [-0.39, 0.29) is 0 Å². The van der Waals surface area contributed by atoms with Gasteiger partial charge in [-0.05, 0) is 48.0 Å². The average Bonchev–Trinajstić information content (AvgIpc) is 3.32. The van der Waals surface area contributed by atoms with E-state index in [2.05, 4.69) is 4.99 Å². The number of hydrogen-bond donors (Lipinski definition) is 0. The molecule has 0 bridgehead atoms. The minimum Gasteiger partial charge on any atom is -0.467 e. The first kappa shape index (κ1) is 17.5. The molecule has 4 aromatic rings. The summed E-state index contributed by atoms with van der Waals surface area (Å²) in [6.07, 6.45) is 3.37. The van der Waals surface area contributed by atoms with E-state index in [0.717, 1.165) is 21.4 Å². The summed E-state index contributed by atoms with van der Waals surface area (Å²) in [6, 6.07) is 18.5. The summed E-state index contributed by atoms with van der Waals surface area (Å²) in [5, 5.41) is 1.29. The number of aliphatic imine (C=N–C) groups is 1. The maximum atomic E-state index is 12.5. The number of esters is 1. The Hall–Kier alpha value is -2.89. The molecule has 0 radical (unpaired) electrons. The van der Waals surface area contributed by atoms with Crippen LogP contribution >= 0.6 is 22.9 Å². The highest BCUT2D eigenvalue weighted by Crippen LogP contribution is 2.35. The van der Waals surface area contributed by atoms with Crippen LogP contribution in [0, 0.1) is 0 Å². The van der Waals surface area contributed by atoms with Gasteiger partial charge in [-0.15, -0.1) is 11.3 Å². The molecule has 0 fully saturated rings. The van der Waals surface area contributed by atoms with Gasteiger partial charge >= 0.3 is 5.97 Å². The van der Waals surface area contributed by atoms with E-state index in [1.807, 2.05) is 48.5 Å². The summed E-state index contributed by atoms with van der Waals surface area (Å²) >= 11 is 7.66. The summed E-state index contributed by atoms with van der Waals surface area (Å²) in [4.78, 5) is 17.2. The summed E-state index contributed by atoms with van der Waals surface area (Å²) in [5.41, 5.74) is 0.904. The molecule has 27 heavy (non-hydrogen) atoms. The van der Waals surface area contributed by atoms with Gasteiger partial charge in [0.25, 0.3) is 0 Å². The quantitative estimate of drug-likeness (QED) is 0.237. The van der Waals surface area contributed by atoms with Gasteiger partial charge in [0.1, 0.15) is 16.4 Å². The van der Waals surface area contributed by atoms with E-state index < -0.39 is 5.97 Å². The highest BCUT2D eigenvalue weighted by Gasteiger charge is 2.18. The maximum absolute atomic E-state index is 12.5. The summed E-state index contributed by atoms with van der Waals surface area (Å²) < 4.78 is 11.6. The lowest BCUT2D eigenvalue weighted by molar-refractivity contribution is 0.0740. The van der Waals surface area contributed by atoms with E-state index in [9.17, 15) is 4.79 Å². The van der Waals surface area contributed by atoms with Gasteiger partial charge in [-0.25, -0.2) is 4.79 Å². The predicted octanol–water partition coefficient (Wildman–Crippen LogP) is 5.99. The molecule has 6 heteroatoms. The fourth-order valence-electron chi connectivity index (χ4n) is 2.56. The van der Waals surface area contributed by atoms with Crippen LogP contribution in [0.15, 0.2) is 76.3 Å². The zero-order chi connectivity index (χ0) is 18.6. The first-order valence-electron chi connectivity index (χ1n) is 8.22. The first-order valence-corrected chi connectivity index (χ1v) is 9.41. The average molecular weight is 396 g/mol. The molecule has 0 spiro atoms. The summed E-state index contributed by atoms with van der Waals surface area (Å²) in [5.74, 6) is 0.800. The SMILES string of the molecule is O=C(Oc1ccc(C=NCc2ccco2)cc1)c1sc2ccccc2c1Cl. The van der Waals surface area contributed by atoms with Crippen molar-refractivity contribution in [3.63, 3.8) is 0 Å². The third kappa shape index (κ3) is 3.94. The van der Waals surface area contributed by atoms with Crippen molar-refractivity contribution >= 4 is 45.2 Å². The molecule has 4 rings (SSSR count). The lowest BCUT2D eigenvalue weighted by atomic mass is 10.2. The van der Waals surface area contributed by atoms with Crippen LogP contribution in [-0.4, -0.2) is 12.2 Å². The Morgan fingerprint density at radius 2 is 1.93 bits per heavy atom. The van der Waals surface area contributed by atoms with Crippen LogP contribution in [-0.2, 0) is 6.54 Å². The molecule has 2 heterocycles. The van der Waals surface area contributed by atoms with Crippen molar-refractivity contribution in [2.45, 2.75) is 6.54 Å². The number of halogens is 1. The monoisotopic (exact) mass is 395 g/mol. The molecule has 0 saturated heterocycles. The van der Waals surface area contributed by atoms with E-state index in [4.69, 9.17) is 20.8 Å². The van der Waals surface area contributed by atoms with Crippen molar-refractivity contribution < 1.29 is 13.9 Å². The Kier molecular flexibility index (Phi) is 5.05. The summed E-state index contributed by atoms with van der Waals surface area (Å²) in [7, 11) is 0. The third-order valence-corrected chi connectivity index (χ3v) is 5.53. The van der Waals surface area contributed by atoms with Crippen molar-refractivity contribution in [3.05, 3.63) is 88.2 Å². The van der Waals surface area contributed by atoms with Gasteiger partial charge in [-0.2, -0.15) is 0 Å². The number of nitrogens with zero attached hydrogens (tertiary/aromatic N) is 1. The van der Waals surface area contributed by atoms with Gasteiger partial charge < -0.3 is 9.15 Å². The molecule has 0 amide bonds. The fourth-order valence-corrected chi connectivity index (χ4v) is 3.95. The zero-order valence-electron chi connectivity index (χ0n) is 14.1. The summed E-state index contributed by atoms with van der Waals surface area (Å²) in [6.45, 7) is 0.480. The fraction of sp³-hybridized carbons (Fsp3) is 0.0476. The number of rotatable bonds is 5. The Morgan fingerprint density at radius 3 is 2.67 bits per heavy atom. The maximum Gasteiger partial charge on any atom is 0.355 e. The Bertz CT molecular complexity index is 1100. The van der Waals surface area contributed by atoms with Gasteiger partial charge in [-0.1, -0.05) is 29.8 Å². The number of carbonyl (C=O) groups is 1. The molecule has 4 nitrogen and oxygen atoms in total. The molecule has 2 aromatic carbocycles. The molecular weight excluding hydrogens is 382 g/mol. The van der Waals surface area contributed by atoms with Crippen LogP contribution in [0.1, 0.15) is 21.0 Å². The number of fused-ring (bicyclic) bond motifs is 1. The molecule has 0 aliphatic heterocycles. The molecule has 0 aliphatic carbocycles. The molecule has 0 atom stereocenters. The highest BCUT2D eigenvalue weighted by atomic mass is 35.5. The number of benzene rings is 2. The number of carbonyl (C=O) groups excluding carboxylic acids is 1. The van der Waals surface area contributed by atoms with Gasteiger partial charge in [-0.3, -0.25) is 4.99 Å². The standard InChI is InChI=1S/C21H14ClNO3S/c22-19-17-5-1-2-6-18(17)27-20(19)21(24)26-15-9-7-14(8-10-15)12-23-13-16-4-3-11-25-16/h1-12H,13H2. The predicted molar refractivity (Wildman–Crippen MR) is 108 cm³/mol. The molecule has 134 valence electrons. The number of ether oxygens (including phenoxy) is 1. The van der Waals surface area contributed by atoms with E-state index in [1.165, 1.54) is 11.3 Å². The minimum absolute atomic E-state index is 0.405. The lowest BCUT2D eigenvalue weighted by Crippen LogP contribution is -2.06. The van der Waals surface area contributed by atoms with Crippen LogP contribution in [0.5, 0.6) is 5.75 Å². The lowest BCUT2D eigenvalue weighted by Gasteiger charge is -2.03. The number of furan rings is 1. The van der Waals surface area contributed by atoms with Gasteiger partial charge in [0, 0.05) is 16.3 Å². The molecule has 0 N–H and O–H groups in total. The second-order valence-electron chi connectivity index (χ2n) is 5.75. The highest BCUT2D eigenvalue weighted by molar-refractivity contribution is 7.21. The topological polar surface area (TPSA) is 51.8 Å². The Balaban J connectivity index is 1.43. The number of hydrogen-bond acceptors (Lipinski definition) is 5. The van der Waals surface area contributed by atoms with Crippen molar-refractivity contribution in [1.82, 2.24) is 0 Å². The van der Waals surface area contributed by atoms with Crippen molar-refractivity contribution in [2.75, 3.05) is 0 Å². The van der Waals surface area contributed by atoms with Crippen LogP contribution in [0.2, 0.25) is 5.02 Å². The van der Waals surface area contributed by atoms with Gasteiger partial charge in [0.2, 0.25) is 0 Å². The van der Waals surface area contributed by atoms with Crippen LogP contribution in [0.3, 0.4) is 0 Å². The Morgan fingerprint density at radius 1 is 1.11 bits per heavy atom. The van der Waals surface area contributed by atoms with Crippen LogP contribution in [0.4, 0.5) is 0 Å². The van der Waals surface area contributed by atoms with E-state index in [0.29, 0.717) is 22.2 Å². The van der Waals surface area contributed by atoms with E-state index in [1.54, 1.807) is 24.6 Å². The van der Waals surface area contributed by atoms with Crippen LogP contribution < -0.4 is 4.74 Å². The Labute approximate surface area is 164 Å². The van der Waals surface area contributed by atoms with Crippen molar-refractivity contribution in [1.29, 1.82) is 0 Å². The molecule has 0 unspecified atom stereocenters. The van der Waals surface area contributed by atoms with Crippen LogP contribution in [0.25, 0.3) is 10.1 Å². The second kappa shape index (κ2) is 7.78. The van der Waals surface area contributed by atoms with Crippen molar-refractivity contribution in [2.24, 2.45) is 4.99 Å². The second-order valence-corrected chi connectivity index (χ2v) is 7.18. The van der Waals surface area contributed by atoms with Gasteiger partial charge in [0.05, 0.1) is 17.8 Å². The normalized spacial score (nSPS) is 11.3. The molecular formula is C21H14ClNO3S. The first-order chi connectivity index (χ1) is 13.2. The molecule has 0 saturated carbocycles. The smallest absolute Gasteiger partial charge is 0.355 e. The van der Waals surface area contributed by atoms with Gasteiger partial charge in [0.15, 0.2) is 0 Å². The number of thiophene rings is 1. The van der Waals surface area contributed by atoms with E-state index >= 15 is 0 Å². The van der Waals surface area contributed by atoms with Crippen molar-refractivity contribution in [3.8, 4) is 5.75 Å². The third-order valence-electron chi connectivity index (χ3n) is 3.88. The largest absolute Gasteiger partial charge is 0.467 e. The minimum atomic E-state index is -0.458. The zero-order valence-corrected chi connectivity index (χ0v) is 15.7. The molecule has 2 aromatic heterocycles. The molecule has 0 aliphatic rings.